The summed E-state index contributed by atoms with van der Waals surface area (Å²) in [4.78, 5) is 11.5. The highest BCUT2D eigenvalue weighted by atomic mass is 35.5. The van der Waals surface area contributed by atoms with Crippen LogP contribution >= 0.6 is 23.2 Å². The molecule has 0 amide bonds. The van der Waals surface area contributed by atoms with Gasteiger partial charge in [0.15, 0.2) is 0 Å². The Hall–Kier alpha value is -1.54. The Balaban J connectivity index is 1.71. The summed E-state index contributed by atoms with van der Waals surface area (Å²) in [6.07, 6.45) is 0.825. The van der Waals surface area contributed by atoms with Gasteiger partial charge in [0.2, 0.25) is 10.0 Å². The van der Waals surface area contributed by atoms with Gasteiger partial charge >= 0.3 is 5.63 Å². The molecule has 0 atom stereocenters. The molecule has 2 aromatic rings. The molecule has 9 heteroatoms. The number of piperidine rings is 1. The molecule has 1 aromatic heterocycles. The van der Waals surface area contributed by atoms with Crippen molar-refractivity contribution in [1.29, 1.82) is 0 Å². The Morgan fingerprint density at radius 1 is 1.07 bits per heavy atom. The Labute approximate surface area is 167 Å². The molecule has 2 heterocycles. The minimum absolute atomic E-state index is 0.0572. The average Bonchev–Trinajstić information content (AvgIpc) is 2.57. The van der Waals surface area contributed by atoms with E-state index >= 15 is 0 Å². The lowest BCUT2D eigenvalue weighted by atomic mass is 10.1. The first-order valence-corrected chi connectivity index (χ1v) is 10.6. The molecule has 1 saturated heterocycles. The van der Waals surface area contributed by atoms with Crippen LogP contribution in [0.2, 0.25) is 10.0 Å². The zero-order chi connectivity index (χ0) is 19.8. The van der Waals surface area contributed by atoms with Gasteiger partial charge in [0, 0.05) is 24.2 Å². The van der Waals surface area contributed by atoms with Crippen LogP contribution in [0.1, 0.15) is 24.2 Å². The van der Waals surface area contributed by atoms with Crippen LogP contribution in [0.15, 0.2) is 38.4 Å². The molecule has 0 unspecified atom stereocenters. The molecule has 3 rings (SSSR count). The fourth-order valence-corrected chi connectivity index (χ4v) is 5.27. The summed E-state index contributed by atoms with van der Waals surface area (Å²) < 4.78 is 38.0. The van der Waals surface area contributed by atoms with E-state index in [1.54, 1.807) is 19.9 Å². The summed E-state index contributed by atoms with van der Waals surface area (Å²) in [5.41, 5.74) is 0.175. The van der Waals surface area contributed by atoms with Crippen LogP contribution in [0.4, 0.5) is 0 Å². The number of benzene rings is 1. The maximum Gasteiger partial charge on any atom is 0.339 e. The predicted molar refractivity (Wildman–Crippen MR) is 103 cm³/mol. The van der Waals surface area contributed by atoms with Gasteiger partial charge in [-0.1, -0.05) is 23.2 Å². The summed E-state index contributed by atoms with van der Waals surface area (Å²) in [6, 6.07) is 5.87. The van der Waals surface area contributed by atoms with Gasteiger partial charge in [-0.2, -0.15) is 4.31 Å². The first-order valence-electron chi connectivity index (χ1n) is 8.41. The monoisotopic (exact) mass is 431 g/mol. The first kappa shape index (κ1) is 20.2. The topological polar surface area (TPSA) is 76.8 Å². The van der Waals surface area contributed by atoms with E-state index < -0.39 is 15.6 Å². The van der Waals surface area contributed by atoms with Gasteiger partial charge in [0.05, 0.1) is 11.1 Å². The molecule has 0 radical (unpaired) electrons. The van der Waals surface area contributed by atoms with E-state index in [2.05, 4.69) is 0 Å². The van der Waals surface area contributed by atoms with E-state index in [1.807, 2.05) is 0 Å². The molecule has 0 saturated carbocycles. The van der Waals surface area contributed by atoms with E-state index in [-0.39, 0.29) is 16.0 Å². The Morgan fingerprint density at radius 2 is 1.74 bits per heavy atom. The maximum atomic E-state index is 12.9. The lowest BCUT2D eigenvalue weighted by Crippen LogP contribution is -2.41. The Morgan fingerprint density at radius 3 is 2.37 bits per heavy atom. The Kier molecular flexibility index (Phi) is 5.86. The van der Waals surface area contributed by atoms with Gasteiger partial charge in [-0.3, -0.25) is 0 Å². The molecule has 0 N–H and O–H groups in total. The largest absolute Gasteiger partial charge is 0.490 e. The molecule has 6 nitrogen and oxygen atoms in total. The number of hydrogen-bond acceptors (Lipinski definition) is 5. The summed E-state index contributed by atoms with van der Waals surface area (Å²) in [7, 11) is -3.72. The average molecular weight is 432 g/mol. The van der Waals surface area contributed by atoms with Crippen molar-refractivity contribution in [2.24, 2.45) is 0 Å². The quantitative estimate of drug-likeness (QED) is 0.735. The van der Waals surface area contributed by atoms with Crippen LogP contribution in [0.5, 0.6) is 5.75 Å². The van der Waals surface area contributed by atoms with Crippen molar-refractivity contribution in [3.05, 3.63) is 56.1 Å². The van der Waals surface area contributed by atoms with Gasteiger partial charge in [-0.05, 0) is 44.4 Å². The predicted octanol–water partition coefficient (Wildman–Crippen LogP) is 3.80. The van der Waals surface area contributed by atoms with Crippen molar-refractivity contribution in [1.82, 2.24) is 4.31 Å². The van der Waals surface area contributed by atoms with E-state index in [0.29, 0.717) is 48.0 Å². The molecule has 1 aliphatic heterocycles. The standard InChI is InChI=1S/C18H19Cl2NO5S/c1-11-7-17(16(20)10-15(11)19)27(23,24)21-5-3-13(4-6-21)26-14-8-12(2)25-18(22)9-14/h7-10,13H,3-6H2,1-2H3. The number of ether oxygens (including phenoxy) is 1. The molecular formula is C18H19Cl2NO5S. The zero-order valence-electron chi connectivity index (χ0n) is 14.9. The third-order valence-electron chi connectivity index (χ3n) is 4.40. The molecule has 1 aromatic carbocycles. The number of hydrogen-bond donors (Lipinski definition) is 0. The van der Waals surface area contributed by atoms with Crippen LogP contribution in [0, 0.1) is 13.8 Å². The Bertz CT molecular complexity index is 1010. The van der Waals surface area contributed by atoms with E-state index in [1.165, 1.54) is 22.5 Å². The zero-order valence-corrected chi connectivity index (χ0v) is 17.2. The third-order valence-corrected chi connectivity index (χ3v) is 7.17. The molecule has 1 aliphatic rings. The molecule has 0 bridgehead atoms. The third kappa shape index (κ3) is 4.48. The van der Waals surface area contributed by atoms with Crippen LogP contribution in [-0.4, -0.2) is 31.9 Å². The highest BCUT2D eigenvalue weighted by molar-refractivity contribution is 7.89. The van der Waals surface area contributed by atoms with Gasteiger partial charge in [-0.25, -0.2) is 13.2 Å². The lowest BCUT2D eigenvalue weighted by molar-refractivity contribution is 0.134. The summed E-state index contributed by atoms with van der Waals surface area (Å²) in [6.45, 7) is 3.99. The van der Waals surface area contributed by atoms with Crippen LogP contribution < -0.4 is 10.4 Å². The molecule has 0 spiro atoms. The molecule has 27 heavy (non-hydrogen) atoms. The summed E-state index contributed by atoms with van der Waals surface area (Å²) in [5, 5.41) is 0.532. The number of nitrogens with zero attached hydrogens (tertiary/aromatic N) is 1. The SMILES string of the molecule is Cc1cc(OC2CCN(S(=O)(=O)c3cc(C)c(Cl)cc3Cl)CC2)cc(=O)o1. The van der Waals surface area contributed by atoms with Crippen molar-refractivity contribution in [2.75, 3.05) is 13.1 Å². The van der Waals surface area contributed by atoms with Crippen molar-refractivity contribution < 1.29 is 17.6 Å². The van der Waals surface area contributed by atoms with Crippen molar-refractivity contribution in [2.45, 2.75) is 37.7 Å². The van der Waals surface area contributed by atoms with Crippen molar-refractivity contribution in [3.8, 4) is 5.75 Å². The first-order chi connectivity index (χ1) is 12.7. The number of halogens is 2. The molecule has 1 fully saturated rings. The normalized spacial score (nSPS) is 16.4. The van der Waals surface area contributed by atoms with Crippen molar-refractivity contribution >= 4 is 33.2 Å². The van der Waals surface area contributed by atoms with Crippen LogP contribution in [-0.2, 0) is 10.0 Å². The van der Waals surface area contributed by atoms with Gasteiger partial charge < -0.3 is 9.15 Å². The minimum atomic E-state index is -3.72. The highest BCUT2D eigenvalue weighted by Crippen LogP contribution is 2.31. The smallest absolute Gasteiger partial charge is 0.339 e. The fourth-order valence-electron chi connectivity index (χ4n) is 2.99. The van der Waals surface area contributed by atoms with Crippen molar-refractivity contribution in [3.63, 3.8) is 0 Å². The number of rotatable bonds is 4. The minimum Gasteiger partial charge on any atom is -0.490 e. The number of sulfonamides is 1. The second-order valence-corrected chi connectivity index (χ2v) is 9.20. The molecular weight excluding hydrogens is 413 g/mol. The van der Waals surface area contributed by atoms with Gasteiger partial charge in [-0.15, -0.1) is 0 Å². The highest BCUT2D eigenvalue weighted by Gasteiger charge is 2.32. The molecule has 0 aliphatic carbocycles. The fraction of sp³-hybridized carbons (Fsp3) is 0.389. The van der Waals surface area contributed by atoms with E-state index in [9.17, 15) is 13.2 Å². The summed E-state index contributed by atoms with van der Waals surface area (Å²) >= 11 is 12.1. The molecule has 146 valence electrons. The van der Waals surface area contributed by atoms with E-state index in [4.69, 9.17) is 32.4 Å². The lowest BCUT2D eigenvalue weighted by Gasteiger charge is -2.31. The maximum absolute atomic E-state index is 12.9. The summed E-state index contributed by atoms with van der Waals surface area (Å²) in [5.74, 6) is 0.895. The van der Waals surface area contributed by atoms with Crippen LogP contribution in [0.3, 0.4) is 0 Å². The van der Waals surface area contributed by atoms with Gasteiger partial charge in [0.1, 0.15) is 22.5 Å². The van der Waals surface area contributed by atoms with E-state index in [0.717, 1.165) is 0 Å². The van der Waals surface area contributed by atoms with Crippen LogP contribution in [0.25, 0.3) is 0 Å². The van der Waals surface area contributed by atoms with Gasteiger partial charge in [0.25, 0.3) is 0 Å². The second-order valence-electron chi connectivity index (χ2n) is 6.48. The second kappa shape index (κ2) is 7.83. The number of aryl methyl sites for hydroxylation is 2.